The monoisotopic (exact) mass is 900 g/mol. The molecule has 4 aromatic rings. The third-order valence-electron chi connectivity index (χ3n) is 14.3. The van der Waals surface area contributed by atoms with E-state index in [1.165, 1.54) is 45.5 Å². The fourth-order valence-corrected chi connectivity index (χ4v) is 10.6. The largest absolute Gasteiger partial charge is 0.453 e. The van der Waals surface area contributed by atoms with Gasteiger partial charge in [0.2, 0.25) is 11.8 Å². The third-order valence-corrected chi connectivity index (χ3v) is 14.3. The summed E-state index contributed by atoms with van der Waals surface area (Å²) in [5.74, 6) is 0.947. The van der Waals surface area contributed by atoms with Gasteiger partial charge in [-0.1, -0.05) is 65.3 Å². The van der Waals surface area contributed by atoms with Crippen molar-refractivity contribution in [1.82, 2.24) is 45.4 Å². The van der Waals surface area contributed by atoms with Gasteiger partial charge in [-0.3, -0.25) is 14.6 Å². The molecule has 350 valence electrons. The first-order valence-corrected chi connectivity index (χ1v) is 23.7. The molecule has 2 aliphatic heterocycles. The Bertz CT molecular complexity index is 2510. The van der Waals surface area contributed by atoms with Gasteiger partial charge in [-0.15, -0.1) is 0 Å². The highest BCUT2D eigenvalue weighted by atomic mass is 16.5. The molecule has 0 bridgehead atoms. The van der Waals surface area contributed by atoms with Crippen molar-refractivity contribution in [1.29, 1.82) is 0 Å². The lowest BCUT2D eigenvalue weighted by Crippen LogP contribution is -2.51. The van der Waals surface area contributed by atoms with Crippen molar-refractivity contribution in [2.75, 3.05) is 27.3 Å². The molecule has 3 fully saturated rings. The van der Waals surface area contributed by atoms with Crippen molar-refractivity contribution in [2.45, 2.75) is 122 Å². The number of likely N-dealkylation sites (tertiary alicyclic amines) is 2. The number of carbonyl (C=O) groups is 4. The Balaban J connectivity index is 1.04. The molecule has 2 aliphatic carbocycles. The smallest absolute Gasteiger partial charge is 0.407 e. The molecular weight excluding hydrogens is 835 g/mol. The van der Waals surface area contributed by atoms with E-state index in [-0.39, 0.29) is 41.1 Å². The number of hydrogen-bond donors (Lipinski definition) is 4. The summed E-state index contributed by atoms with van der Waals surface area (Å²) < 4.78 is 9.62. The van der Waals surface area contributed by atoms with Gasteiger partial charge in [-0.05, 0) is 116 Å². The number of methoxy groups -OCH3 is 2. The number of pyridine rings is 1. The number of allylic oxidation sites excluding steroid dienone is 5. The number of alkyl carbamates (subject to hydrolysis) is 2. The van der Waals surface area contributed by atoms with E-state index in [0.717, 1.165) is 95.5 Å². The number of hydrogen-bond acceptors (Lipinski definition) is 9. The second-order valence-electron chi connectivity index (χ2n) is 19.3. The number of imidazole rings is 2. The number of H-pyrrole nitrogens is 2. The first-order valence-electron chi connectivity index (χ1n) is 23.7. The number of aromatic nitrogens is 5. The molecule has 66 heavy (non-hydrogen) atoms. The molecule has 4 atom stereocenters. The number of ether oxygens (including phenoxy) is 2. The Kier molecular flexibility index (Phi) is 13.8. The Morgan fingerprint density at radius 1 is 0.758 bits per heavy atom. The minimum absolute atomic E-state index is 0.114. The van der Waals surface area contributed by atoms with Crippen molar-refractivity contribution < 1.29 is 28.7 Å². The quantitative estimate of drug-likeness (QED) is 0.114. The molecule has 1 spiro atoms. The van der Waals surface area contributed by atoms with Crippen LogP contribution in [-0.4, -0.2) is 98.1 Å². The summed E-state index contributed by atoms with van der Waals surface area (Å²) in [7, 11) is 2.60. The average Bonchev–Trinajstić information content (AvgIpc) is 4.17. The van der Waals surface area contributed by atoms with Crippen LogP contribution in [-0.2, 0) is 19.1 Å². The van der Waals surface area contributed by atoms with E-state index in [1.54, 1.807) is 6.20 Å². The molecule has 8 rings (SSSR count). The van der Waals surface area contributed by atoms with E-state index < -0.39 is 24.3 Å². The molecule has 15 nitrogen and oxygen atoms in total. The molecule has 4 amide bonds. The van der Waals surface area contributed by atoms with Crippen molar-refractivity contribution in [3.05, 3.63) is 89.9 Å². The van der Waals surface area contributed by atoms with Crippen LogP contribution >= 0.6 is 0 Å². The summed E-state index contributed by atoms with van der Waals surface area (Å²) in [5, 5.41) is 5.45. The maximum atomic E-state index is 13.8. The van der Waals surface area contributed by atoms with Gasteiger partial charge in [0.1, 0.15) is 23.7 Å². The Morgan fingerprint density at radius 3 is 1.97 bits per heavy atom. The van der Waals surface area contributed by atoms with Gasteiger partial charge < -0.3 is 39.9 Å². The van der Waals surface area contributed by atoms with E-state index in [0.29, 0.717) is 18.9 Å². The summed E-state index contributed by atoms with van der Waals surface area (Å²) >= 11 is 0. The highest BCUT2D eigenvalue weighted by Crippen LogP contribution is 2.50. The lowest BCUT2D eigenvalue weighted by atomic mass is 9.74. The van der Waals surface area contributed by atoms with Crippen molar-refractivity contribution in [3.8, 4) is 11.3 Å². The highest BCUT2D eigenvalue weighted by Gasteiger charge is 2.40. The van der Waals surface area contributed by atoms with Crippen LogP contribution in [0.15, 0.2) is 67.0 Å². The number of nitrogens with one attached hydrogen (secondary N) is 4. The number of amides is 4. The first-order chi connectivity index (χ1) is 31.8. The number of aromatic amines is 2. The zero-order chi connectivity index (χ0) is 46.7. The van der Waals surface area contributed by atoms with Gasteiger partial charge in [0.15, 0.2) is 0 Å². The summed E-state index contributed by atoms with van der Waals surface area (Å²) in [6.45, 7) is 13.5. The molecule has 1 aromatic carbocycles. The predicted octanol–water partition coefficient (Wildman–Crippen LogP) is 9.20. The van der Waals surface area contributed by atoms with Crippen LogP contribution in [0.4, 0.5) is 9.59 Å². The van der Waals surface area contributed by atoms with E-state index in [9.17, 15) is 19.2 Å². The number of benzene rings is 1. The summed E-state index contributed by atoms with van der Waals surface area (Å²) in [6.07, 6.45) is 17.8. The standard InChI is InChI=1S/C51H65N9O6/c1-30(2)43(57-49(63)65-6)47(61)59-24-10-12-41(59)45-53-29-40(56-45)35-16-18-37(52-28-35)36-17-14-33(20-23-51(27-32(36)5)21-8-9-22-51)34-15-19-38-39(26-34)55-46(54-38)42-13-11-25-60(42)48(62)44(31(3)4)58-50(64)66-7/h14-19,26,28-31,41-44H,5,8-13,20-25,27H2,1-4,6-7H3,(H,53,56)(H,54,55)(H,57,63)(H,58,64)/b33-14+,36-17+/t41-,42-,43-,44-/m0/s1. The van der Waals surface area contributed by atoms with Crippen molar-refractivity contribution in [2.24, 2.45) is 17.3 Å². The lowest BCUT2D eigenvalue weighted by molar-refractivity contribution is -0.136. The molecule has 4 aliphatic rings. The minimum atomic E-state index is -0.704. The second-order valence-corrected chi connectivity index (χ2v) is 19.3. The molecule has 4 N–H and O–H groups in total. The van der Waals surface area contributed by atoms with Gasteiger partial charge in [0.25, 0.3) is 0 Å². The molecule has 3 aromatic heterocycles. The summed E-state index contributed by atoms with van der Waals surface area (Å²) in [4.78, 5) is 77.2. The number of fused-ring (bicyclic) bond motifs is 1. The predicted molar refractivity (Wildman–Crippen MR) is 253 cm³/mol. The Labute approximate surface area is 387 Å². The van der Waals surface area contributed by atoms with E-state index in [2.05, 4.69) is 69.7 Å². The molecule has 5 heterocycles. The van der Waals surface area contributed by atoms with Gasteiger partial charge >= 0.3 is 12.2 Å². The van der Waals surface area contributed by atoms with Crippen LogP contribution in [0.2, 0.25) is 0 Å². The SMILES string of the molecule is C=C1CC2(CCCC2)CC/C(c2ccc3nc([C@@H]4CCCN4C(=O)[C@@H](NC(=O)OC)C(C)C)[nH]c3c2)=C\C=C/1c1ccc(-c2cnc([C@@H]3CCCN3C(=O)[C@@H](NC(=O)OC)C(C)C)[nH]2)cn1. The number of nitrogens with zero attached hydrogens (tertiary/aromatic N) is 5. The van der Waals surface area contributed by atoms with Crippen LogP contribution in [0.5, 0.6) is 0 Å². The van der Waals surface area contributed by atoms with Crippen molar-refractivity contribution in [3.63, 3.8) is 0 Å². The molecule has 15 heteroatoms. The van der Waals surface area contributed by atoms with E-state index >= 15 is 0 Å². The zero-order valence-electron chi connectivity index (χ0n) is 39.2. The van der Waals surface area contributed by atoms with Crippen LogP contribution in [0, 0.1) is 17.3 Å². The fourth-order valence-electron chi connectivity index (χ4n) is 10.6. The maximum absolute atomic E-state index is 13.8. The molecule has 2 saturated heterocycles. The van der Waals surface area contributed by atoms with Gasteiger partial charge in [0, 0.05) is 30.4 Å². The van der Waals surface area contributed by atoms with Crippen molar-refractivity contribution >= 4 is 46.2 Å². The highest BCUT2D eigenvalue weighted by molar-refractivity contribution is 5.88. The lowest BCUT2D eigenvalue weighted by Gasteiger charge is -2.30. The minimum Gasteiger partial charge on any atom is -0.453 e. The zero-order valence-corrected chi connectivity index (χ0v) is 39.2. The first kappa shape index (κ1) is 46.3. The fraction of sp³-hybridized carbons (Fsp3) is 0.510. The maximum Gasteiger partial charge on any atom is 0.407 e. The molecule has 0 unspecified atom stereocenters. The Morgan fingerprint density at radius 2 is 1.38 bits per heavy atom. The van der Waals surface area contributed by atoms with Crippen LogP contribution < -0.4 is 10.6 Å². The van der Waals surface area contributed by atoms with Crippen LogP contribution in [0.25, 0.3) is 33.4 Å². The second kappa shape index (κ2) is 19.7. The average molecular weight is 900 g/mol. The number of carbonyl (C=O) groups excluding carboxylic acids is 4. The van der Waals surface area contributed by atoms with E-state index in [1.807, 2.05) is 43.7 Å². The van der Waals surface area contributed by atoms with Crippen LogP contribution in [0.3, 0.4) is 0 Å². The summed E-state index contributed by atoms with van der Waals surface area (Å²) in [6, 6.07) is 8.66. The molecule has 1 saturated carbocycles. The van der Waals surface area contributed by atoms with Gasteiger partial charge in [-0.25, -0.2) is 19.6 Å². The third kappa shape index (κ3) is 9.66. The molecule has 0 radical (unpaired) electrons. The van der Waals surface area contributed by atoms with E-state index in [4.69, 9.17) is 24.4 Å². The topological polar surface area (TPSA) is 188 Å². The normalized spacial score (nSPS) is 22.3. The Hall–Kier alpha value is -6.25. The van der Waals surface area contributed by atoms with Gasteiger partial charge in [-0.2, -0.15) is 0 Å². The number of rotatable bonds is 11. The van der Waals surface area contributed by atoms with Crippen LogP contribution in [0.1, 0.15) is 133 Å². The van der Waals surface area contributed by atoms with Gasteiger partial charge in [0.05, 0.1) is 54.9 Å². The molecular formula is C51H65N9O6. The summed E-state index contributed by atoms with van der Waals surface area (Å²) in [5.41, 5.74) is 8.96.